The van der Waals surface area contributed by atoms with Gasteiger partial charge in [0.25, 0.3) is 0 Å². The summed E-state index contributed by atoms with van der Waals surface area (Å²) in [6, 6.07) is 0. The van der Waals surface area contributed by atoms with E-state index in [-0.39, 0.29) is 5.54 Å². The quantitative estimate of drug-likeness (QED) is 0.739. The number of nitrogens with two attached hydrogens (primary N) is 1. The third-order valence-electron chi connectivity index (χ3n) is 3.55. The summed E-state index contributed by atoms with van der Waals surface area (Å²) < 4.78 is 11.1. The molecular formula is C10H20N2OS. The van der Waals surface area contributed by atoms with Gasteiger partial charge < -0.3 is 10.6 Å². The lowest BCUT2D eigenvalue weighted by Crippen LogP contribution is -2.50. The average Bonchev–Trinajstić information content (AvgIpc) is 2.14. The van der Waals surface area contributed by atoms with Gasteiger partial charge >= 0.3 is 0 Å². The molecule has 0 atom stereocenters. The summed E-state index contributed by atoms with van der Waals surface area (Å²) in [4.78, 5) is 2.41. The van der Waals surface area contributed by atoms with E-state index in [9.17, 15) is 4.21 Å². The maximum Gasteiger partial charge on any atom is 0.0363 e. The SMILES string of the molecule is NC1(CCN2CCS(=O)CC2)CCC1. The molecule has 4 heteroatoms. The maximum atomic E-state index is 11.1. The van der Waals surface area contributed by atoms with Gasteiger partial charge in [0.1, 0.15) is 0 Å². The molecule has 0 aromatic rings. The zero-order chi connectivity index (χ0) is 10.0. The van der Waals surface area contributed by atoms with Crippen LogP contribution in [0.15, 0.2) is 0 Å². The molecule has 2 rings (SSSR count). The van der Waals surface area contributed by atoms with Crippen molar-refractivity contribution in [1.29, 1.82) is 0 Å². The first kappa shape index (κ1) is 10.6. The van der Waals surface area contributed by atoms with E-state index < -0.39 is 10.8 Å². The molecule has 1 saturated carbocycles. The van der Waals surface area contributed by atoms with E-state index in [1.54, 1.807) is 0 Å². The first-order valence-corrected chi connectivity index (χ1v) is 7.03. The summed E-state index contributed by atoms with van der Waals surface area (Å²) in [5.74, 6) is 1.72. The highest BCUT2D eigenvalue weighted by Crippen LogP contribution is 2.32. The molecule has 1 aliphatic heterocycles. The van der Waals surface area contributed by atoms with E-state index >= 15 is 0 Å². The monoisotopic (exact) mass is 216 g/mol. The van der Waals surface area contributed by atoms with E-state index in [0.29, 0.717) is 0 Å². The Hall–Kier alpha value is 0.0700. The third-order valence-corrected chi connectivity index (χ3v) is 4.82. The molecule has 0 amide bonds. The fourth-order valence-corrected chi connectivity index (χ4v) is 3.29. The molecule has 0 radical (unpaired) electrons. The van der Waals surface area contributed by atoms with Crippen LogP contribution >= 0.6 is 0 Å². The predicted molar refractivity (Wildman–Crippen MR) is 59.7 cm³/mol. The molecule has 14 heavy (non-hydrogen) atoms. The second kappa shape index (κ2) is 4.29. The fraction of sp³-hybridized carbons (Fsp3) is 1.00. The Bertz CT molecular complexity index is 218. The molecule has 0 bridgehead atoms. The van der Waals surface area contributed by atoms with Crippen molar-refractivity contribution in [3.63, 3.8) is 0 Å². The molecule has 2 fully saturated rings. The average molecular weight is 216 g/mol. The normalized spacial score (nSPS) is 28.6. The zero-order valence-electron chi connectivity index (χ0n) is 8.71. The van der Waals surface area contributed by atoms with Crippen LogP contribution in [-0.2, 0) is 10.8 Å². The molecule has 1 aliphatic carbocycles. The minimum Gasteiger partial charge on any atom is -0.325 e. The van der Waals surface area contributed by atoms with E-state index in [4.69, 9.17) is 5.73 Å². The molecular weight excluding hydrogens is 196 g/mol. The van der Waals surface area contributed by atoms with Crippen LogP contribution in [-0.4, -0.2) is 45.8 Å². The molecule has 0 spiro atoms. The number of hydrogen-bond donors (Lipinski definition) is 1. The van der Waals surface area contributed by atoms with Crippen LogP contribution in [0.3, 0.4) is 0 Å². The first-order chi connectivity index (χ1) is 6.68. The summed E-state index contributed by atoms with van der Waals surface area (Å²) in [6.45, 7) is 3.11. The van der Waals surface area contributed by atoms with Crippen LogP contribution in [0.1, 0.15) is 25.7 Å². The van der Waals surface area contributed by atoms with Gasteiger partial charge in [-0.1, -0.05) is 0 Å². The Morgan fingerprint density at radius 3 is 2.43 bits per heavy atom. The largest absolute Gasteiger partial charge is 0.325 e. The van der Waals surface area contributed by atoms with Gasteiger partial charge in [0, 0.05) is 40.9 Å². The summed E-state index contributed by atoms with van der Waals surface area (Å²) in [7, 11) is -0.546. The summed E-state index contributed by atoms with van der Waals surface area (Å²) in [5, 5.41) is 0. The smallest absolute Gasteiger partial charge is 0.0363 e. The Kier molecular flexibility index (Phi) is 3.24. The van der Waals surface area contributed by atoms with Crippen molar-refractivity contribution in [3.05, 3.63) is 0 Å². The molecule has 82 valence electrons. The summed E-state index contributed by atoms with van der Waals surface area (Å²) in [6.07, 6.45) is 4.83. The van der Waals surface area contributed by atoms with Crippen LogP contribution in [0, 0.1) is 0 Å². The molecule has 0 aromatic carbocycles. The van der Waals surface area contributed by atoms with Crippen molar-refractivity contribution in [3.8, 4) is 0 Å². The fourth-order valence-electron chi connectivity index (χ4n) is 2.16. The summed E-state index contributed by atoms with van der Waals surface area (Å²) in [5.41, 5.74) is 6.31. The van der Waals surface area contributed by atoms with Crippen LogP contribution < -0.4 is 5.73 Å². The van der Waals surface area contributed by atoms with Crippen molar-refractivity contribution in [1.82, 2.24) is 4.90 Å². The minimum atomic E-state index is -0.546. The number of rotatable bonds is 3. The van der Waals surface area contributed by atoms with Gasteiger partial charge in [-0.15, -0.1) is 0 Å². The van der Waals surface area contributed by atoms with E-state index in [1.165, 1.54) is 19.3 Å². The van der Waals surface area contributed by atoms with Crippen molar-refractivity contribution in [2.75, 3.05) is 31.1 Å². The highest BCUT2D eigenvalue weighted by atomic mass is 32.2. The van der Waals surface area contributed by atoms with E-state index in [1.807, 2.05) is 0 Å². The zero-order valence-corrected chi connectivity index (χ0v) is 9.52. The minimum absolute atomic E-state index is 0.149. The number of hydrogen-bond acceptors (Lipinski definition) is 3. The molecule has 0 unspecified atom stereocenters. The van der Waals surface area contributed by atoms with Gasteiger partial charge in [-0.2, -0.15) is 0 Å². The van der Waals surface area contributed by atoms with Gasteiger partial charge in [0.15, 0.2) is 0 Å². The molecule has 2 N–H and O–H groups in total. The van der Waals surface area contributed by atoms with Gasteiger partial charge in [-0.05, 0) is 32.2 Å². The van der Waals surface area contributed by atoms with Crippen molar-refractivity contribution in [2.45, 2.75) is 31.2 Å². The van der Waals surface area contributed by atoms with Crippen molar-refractivity contribution < 1.29 is 4.21 Å². The molecule has 3 nitrogen and oxygen atoms in total. The Labute approximate surface area is 88.5 Å². The summed E-state index contributed by atoms with van der Waals surface area (Å²) >= 11 is 0. The van der Waals surface area contributed by atoms with Gasteiger partial charge in [-0.3, -0.25) is 4.21 Å². The van der Waals surface area contributed by atoms with Gasteiger partial charge in [0.2, 0.25) is 0 Å². The first-order valence-electron chi connectivity index (χ1n) is 5.54. The lowest BCUT2D eigenvalue weighted by Gasteiger charge is -2.40. The molecule has 0 aromatic heterocycles. The highest BCUT2D eigenvalue weighted by Gasteiger charge is 2.32. The van der Waals surface area contributed by atoms with Gasteiger partial charge in [-0.25, -0.2) is 0 Å². The van der Waals surface area contributed by atoms with Crippen molar-refractivity contribution in [2.24, 2.45) is 5.73 Å². The van der Waals surface area contributed by atoms with E-state index in [0.717, 1.165) is 37.6 Å². The van der Waals surface area contributed by atoms with Crippen LogP contribution in [0.4, 0.5) is 0 Å². The van der Waals surface area contributed by atoms with E-state index in [2.05, 4.69) is 4.90 Å². The Morgan fingerprint density at radius 1 is 1.29 bits per heavy atom. The highest BCUT2D eigenvalue weighted by molar-refractivity contribution is 7.85. The topological polar surface area (TPSA) is 46.3 Å². The molecule has 1 heterocycles. The lowest BCUT2D eigenvalue weighted by atomic mass is 9.75. The standard InChI is InChI=1S/C10H20N2OS/c11-10(2-1-3-10)4-5-12-6-8-14(13)9-7-12/h1-9,11H2. The molecule has 2 aliphatic rings. The Balaban J connectivity index is 1.68. The Morgan fingerprint density at radius 2 is 1.93 bits per heavy atom. The number of nitrogens with zero attached hydrogens (tertiary/aromatic N) is 1. The second-order valence-electron chi connectivity index (χ2n) is 4.66. The van der Waals surface area contributed by atoms with Crippen LogP contribution in [0.5, 0.6) is 0 Å². The van der Waals surface area contributed by atoms with Crippen LogP contribution in [0.25, 0.3) is 0 Å². The van der Waals surface area contributed by atoms with Crippen molar-refractivity contribution >= 4 is 10.8 Å². The predicted octanol–water partition coefficient (Wildman–Crippen LogP) is 0.322. The molecule has 1 saturated heterocycles. The van der Waals surface area contributed by atoms with Crippen LogP contribution in [0.2, 0.25) is 0 Å². The lowest BCUT2D eigenvalue weighted by molar-refractivity contribution is 0.188. The third kappa shape index (κ3) is 2.55. The van der Waals surface area contributed by atoms with Gasteiger partial charge in [0.05, 0.1) is 0 Å². The maximum absolute atomic E-state index is 11.1. The second-order valence-corrected chi connectivity index (χ2v) is 6.35.